The van der Waals surface area contributed by atoms with Gasteiger partial charge in [-0.15, -0.1) is 10.2 Å². The van der Waals surface area contributed by atoms with E-state index in [1.54, 1.807) is 41.2 Å². The van der Waals surface area contributed by atoms with E-state index in [-0.39, 0.29) is 11.8 Å². The first-order chi connectivity index (χ1) is 19.1. The summed E-state index contributed by atoms with van der Waals surface area (Å²) in [5.41, 5.74) is 2.18. The predicted octanol–water partition coefficient (Wildman–Crippen LogP) is 5.70. The van der Waals surface area contributed by atoms with Gasteiger partial charge in [0, 0.05) is 32.4 Å². The molecule has 1 amide bonds. The average molecular weight is 551 g/mol. The third-order valence-electron chi connectivity index (χ3n) is 7.21. The Labute approximate surface area is 229 Å². The third kappa shape index (κ3) is 5.63. The fourth-order valence-electron chi connectivity index (χ4n) is 4.89. The lowest BCUT2D eigenvalue weighted by atomic mass is 10.0. The van der Waals surface area contributed by atoms with Crippen molar-refractivity contribution in [3.05, 3.63) is 83.0 Å². The summed E-state index contributed by atoms with van der Waals surface area (Å²) in [7, 11) is 1.85. The van der Waals surface area contributed by atoms with Crippen LogP contribution in [0.25, 0.3) is 11.4 Å². The zero-order valence-electron chi connectivity index (χ0n) is 22.4. The summed E-state index contributed by atoms with van der Waals surface area (Å²) in [5, 5.41) is 15.9. The lowest BCUT2D eigenvalue weighted by Gasteiger charge is -2.34. The van der Waals surface area contributed by atoms with E-state index in [2.05, 4.69) is 25.5 Å². The highest BCUT2D eigenvalue weighted by Crippen LogP contribution is 2.36. The number of anilines is 1. The molecule has 2 aromatic heterocycles. The van der Waals surface area contributed by atoms with Crippen LogP contribution < -0.4 is 15.0 Å². The van der Waals surface area contributed by atoms with E-state index >= 15 is 0 Å². The van der Waals surface area contributed by atoms with E-state index in [4.69, 9.17) is 4.74 Å². The Bertz CT molecular complexity index is 1510. The fraction of sp³-hybridized carbons (Fsp3) is 0.310. The molecule has 0 radical (unpaired) electrons. The number of amides is 1. The second-order valence-corrected chi connectivity index (χ2v) is 9.82. The molecule has 1 N–H and O–H groups in total. The number of ether oxygens (including phenoxy) is 1. The SMILES string of the molecule is Cc1c(-c2ccnn2C)nnc(N2CCC(NC(=O)c3ccc(Oc4ccccc4)cc3C(F)(F)F)CC2)c1C. The number of benzene rings is 2. The molecule has 5 rings (SSSR count). The molecular formula is C29H29F3N6O2. The van der Waals surface area contributed by atoms with E-state index in [9.17, 15) is 18.0 Å². The first-order valence-electron chi connectivity index (χ1n) is 12.9. The Morgan fingerprint density at radius 2 is 1.70 bits per heavy atom. The van der Waals surface area contributed by atoms with Crippen LogP contribution in [-0.2, 0) is 13.2 Å². The van der Waals surface area contributed by atoms with Gasteiger partial charge in [-0.25, -0.2) is 0 Å². The third-order valence-corrected chi connectivity index (χ3v) is 7.21. The Morgan fingerprint density at radius 1 is 0.975 bits per heavy atom. The molecule has 0 unspecified atom stereocenters. The second-order valence-electron chi connectivity index (χ2n) is 9.82. The summed E-state index contributed by atoms with van der Waals surface area (Å²) in [4.78, 5) is 15.1. The van der Waals surface area contributed by atoms with E-state index < -0.39 is 23.2 Å². The Balaban J connectivity index is 1.26. The standard InChI is InChI=1S/C29H29F3N6O2/c1-18-19(2)27(36-35-26(18)25-11-14-33-37(25)3)38-15-12-20(13-16-38)34-28(39)23-10-9-22(17-24(23)29(30,31)32)40-21-7-5-4-6-8-21/h4-11,14,17,20H,12-13,15-16H2,1-3H3,(H,34,39). The average Bonchev–Trinajstić information content (AvgIpc) is 3.36. The molecule has 1 aliphatic rings. The van der Waals surface area contributed by atoms with Crippen molar-refractivity contribution < 1.29 is 22.7 Å². The molecule has 0 atom stereocenters. The number of rotatable bonds is 6. The van der Waals surface area contributed by atoms with Gasteiger partial charge in [-0.3, -0.25) is 9.48 Å². The number of alkyl halides is 3. The lowest BCUT2D eigenvalue weighted by molar-refractivity contribution is -0.138. The number of nitrogens with zero attached hydrogens (tertiary/aromatic N) is 5. The van der Waals surface area contributed by atoms with Crippen LogP contribution in [0.3, 0.4) is 0 Å². The van der Waals surface area contributed by atoms with Gasteiger partial charge in [0.1, 0.15) is 17.2 Å². The maximum atomic E-state index is 13.9. The highest BCUT2D eigenvalue weighted by atomic mass is 19.4. The lowest BCUT2D eigenvalue weighted by Crippen LogP contribution is -2.45. The number of carbonyl (C=O) groups excluding carboxylic acids is 1. The van der Waals surface area contributed by atoms with E-state index in [1.165, 1.54) is 6.07 Å². The summed E-state index contributed by atoms with van der Waals surface area (Å²) in [6.07, 6.45) is -1.89. The number of aryl methyl sites for hydroxylation is 1. The molecule has 0 bridgehead atoms. The molecule has 1 aliphatic heterocycles. The summed E-state index contributed by atoms with van der Waals surface area (Å²) < 4.78 is 49.0. The predicted molar refractivity (Wildman–Crippen MR) is 144 cm³/mol. The molecule has 11 heteroatoms. The van der Waals surface area contributed by atoms with Gasteiger partial charge in [0.05, 0.1) is 16.8 Å². The molecule has 4 aromatic rings. The van der Waals surface area contributed by atoms with Crippen molar-refractivity contribution in [2.75, 3.05) is 18.0 Å². The highest BCUT2D eigenvalue weighted by Gasteiger charge is 2.36. The fourth-order valence-corrected chi connectivity index (χ4v) is 4.89. The van der Waals surface area contributed by atoms with Crippen LogP contribution in [0.4, 0.5) is 19.0 Å². The van der Waals surface area contributed by atoms with Gasteiger partial charge in [0.2, 0.25) is 0 Å². The van der Waals surface area contributed by atoms with Gasteiger partial charge in [-0.05, 0) is 74.2 Å². The van der Waals surface area contributed by atoms with Gasteiger partial charge in [0.25, 0.3) is 5.91 Å². The second kappa shape index (κ2) is 11.0. The molecule has 8 nitrogen and oxygen atoms in total. The number of carbonyl (C=O) groups is 1. The maximum absolute atomic E-state index is 13.9. The van der Waals surface area contributed by atoms with E-state index in [0.717, 1.165) is 40.5 Å². The van der Waals surface area contributed by atoms with Crippen LogP contribution in [-0.4, -0.2) is 45.0 Å². The first kappa shape index (κ1) is 27.2. The summed E-state index contributed by atoms with van der Waals surface area (Å²) in [6, 6.07) is 13.5. The van der Waals surface area contributed by atoms with Crippen LogP contribution in [0.1, 0.15) is 39.9 Å². The molecular weight excluding hydrogens is 521 g/mol. The minimum atomic E-state index is -4.72. The summed E-state index contributed by atoms with van der Waals surface area (Å²) in [5.74, 6) is 0.414. The minimum Gasteiger partial charge on any atom is -0.457 e. The molecule has 2 aromatic carbocycles. The monoisotopic (exact) mass is 550 g/mol. The van der Waals surface area contributed by atoms with Gasteiger partial charge in [-0.2, -0.15) is 18.3 Å². The molecule has 3 heterocycles. The quantitative estimate of drug-likeness (QED) is 0.331. The van der Waals surface area contributed by atoms with E-state index in [1.807, 2.05) is 27.0 Å². The van der Waals surface area contributed by atoms with E-state index in [0.29, 0.717) is 31.7 Å². The Hall–Kier alpha value is -4.41. The van der Waals surface area contributed by atoms with Gasteiger partial charge in [0.15, 0.2) is 5.82 Å². The van der Waals surface area contributed by atoms with Crippen LogP contribution in [0, 0.1) is 13.8 Å². The molecule has 0 aliphatic carbocycles. The molecule has 40 heavy (non-hydrogen) atoms. The molecule has 208 valence electrons. The minimum absolute atomic E-state index is 0.00423. The van der Waals surface area contributed by atoms with Crippen molar-refractivity contribution in [3.63, 3.8) is 0 Å². The van der Waals surface area contributed by atoms with Crippen molar-refractivity contribution in [1.82, 2.24) is 25.3 Å². The molecule has 1 fully saturated rings. The summed E-state index contributed by atoms with van der Waals surface area (Å²) in [6.45, 7) is 5.16. The smallest absolute Gasteiger partial charge is 0.417 e. The van der Waals surface area contributed by atoms with Crippen molar-refractivity contribution in [1.29, 1.82) is 0 Å². The normalized spacial score (nSPS) is 14.3. The van der Waals surface area contributed by atoms with Crippen LogP contribution >= 0.6 is 0 Å². The number of para-hydroxylation sites is 1. The zero-order valence-corrected chi connectivity index (χ0v) is 22.4. The largest absolute Gasteiger partial charge is 0.457 e. The van der Waals surface area contributed by atoms with Crippen LogP contribution in [0.2, 0.25) is 0 Å². The van der Waals surface area contributed by atoms with Gasteiger partial charge < -0.3 is 15.0 Å². The molecule has 0 spiro atoms. The number of piperidine rings is 1. The van der Waals surface area contributed by atoms with Crippen LogP contribution in [0.15, 0.2) is 60.8 Å². The maximum Gasteiger partial charge on any atom is 0.417 e. The number of nitrogens with one attached hydrogen (secondary N) is 1. The van der Waals surface area contributed by atoms with Crippen LogP contribution in [0.5, 0.6) is 11.5 Å². The van der Waals surface area contributed by atoms with Gasteiger partial charge >= 0.3 is 6.18 Å². The number of halogens is 3. The Kier molecular flexibility index (Phi) is 7.46. The van der Waals surface area contributed by atoms with Crippen molar-refractivity contribution in [2.45, 2.75) is 38.9 Å². The van der Waals surface area contributed by atoms with Crippen molar-refractivity contribution >= 4 is 11.7 Å². The number of aromatic nitrogens is 4. The topological polar surface area (TPSA) is 85.2 Å². The highest BCUT2D eigenvalue weighted by molar-refractivity contribution is 5.96. The van der Waals surface area contributed by atoms with Gasteiger partial charge in [-0.1, -0.05) is 18.2 Å². The first-order valence-corrected chi connectivity index (χ1v) is 12.9. The Morgan fingerprint density at radius 3 is 2.35 bits per heavy atom. The molecule has 0 saturated carbocycles. The zero-order chi connectivity index (χ0) is 28.4. The van der Waals surface area contributed by atoms with Crippen molar-refractivity contribution in [3.8, 4) is 22.9 Å². The van der Waals surface area contributed by atoms with Crippen molar-refractivity contribution in [2.24, 2.45) is 7.05 Å². The number of hydrogen-bond acceptors (Lipinski definition) is 6. The number of hydrogen-bond donors (Lipinski definition) is 1. The summed E-state index contributed by atoms with van der Waals surface area (Å²) >= 11 is 0. The molecule has 1 saturated heterocycles.